The van der Waals surface area contributed by atoms with Gasteiger partial charge in [0.2, 0.25) is 0 Å². The fraction of sp³-hybridized carbons (Fsp3) is 0.857. The second-order valence-corrected chi connectivity index (χ2v) is 7.21. The number of hydrogen-bond donors (Lipinski definition) is 3. The van der Waals surface area contributed by atoms with Gasteiger partial charge in [-0.15, -0.1) is 0 Å². The SMILES string of the molecule is O=C(O)CC1(CNC(=O)NCCN2CCSCC2)CCC1. The van der Waals surface area contributed by atoms with Gasteiger partial charge in [-0.25, -0.2) is 4.79 Å². The lowest BCUT2D eigenvalue weighted by Gasteiger charge is -2.40. The molecule has 0 radical (unpaired) electrons. The predicted molar refractivity (Wildman–Crippen MR) is 83.7 cm³/mol. The Kier molecular flexibility index (Phi) is 6.17. The minimum atomic E-state index is -0.778. The van der Waals surface area contributed by atoms with E-state index in [0.717, 1.165) is 38.9 Å². The van der Waals surface area contributed by atoms with Gasteiger partial charge in [0.25, 0.3) is 0 Å². The molecule has 21 heavy (non-hydrogen) atoms. The molecule has 2 aliphatic rings. The average Bonchev–Trinajstić information content (AvgIpc) is 2.42. The van der Waals surface area contributed by atoms with Gasteiger partial charge >= 0.3 is 12.0 Å². The number of thioether (sulfide) groups is 1. The van der Waals surface area contributed by atoms with E-state index in [2.05, 4.69) is 15.5 Å². The van der Waals surface area contributed by atoms with Crippen molar-refractivity contribution in [3.05, 3.63) is 0 Å². The minimum absolute atomic E-state index is 0.152. The Morgan fingerprint density at radius 1 is 1.19 bits per heavy atom. The topological polar surface area (TPSA) is 81.7 Å². The first-order valence-electron chi connectivity index (χ1n) is 7.63. The average molecular weight is 315 g/mol. The second kappa shape index (κ2) is 7.89. The summed E-state index contributed by atoms with van der Waals surface area (Å²) in [5.74, 6) is 1.56. The molecule has 3 N–H and O–H groups in total. The van der Waals surface area contributed by atoms with Gasteiger partial charge in [-0.05, 0) is 18.3 Å². The van der Waals surface area contributed by atoms with E-state index in [1.54, 1.807) is 0 Å². The van der Waals surface area contributed by atoms with Crippen LogP contribution < -0.4 is 10.6 Å². The molecule has 0 aromatic carbocycles. The number of carbonyl (C=O) groups is 2. The molecular weight excluding hydrogens is 290 g/mol. The number of nitrogens with one attached hydrogen (secondary N) is 2. The molecule has 0 spiro atoms. The van der Waals surface area contributed by atoms with Crippen LogP contribution in [0.2, 0.25) is 0 Å². The molecule has 1 aliphatic carbocycles. The van der Waals surface area contributed by atoms with Crippen LogP contribution in [0.3, 0.4) is 0 Å². The van der Waals surface area contributed by atoms with Crippen LogP contribution in [-0.2, 0) is 4.79 Å². The molecular formula is C14H25N3O3S. The van der Waals surface area contributed by atoms with Gasteiger partial charge in [0.05, 0.1) is 6.42 Å². The van der Waals surface area contributed by atoms with E-state index < -0.39 is 5.97 Å². The fourth-order valence-corrected chi connectivity index (χ4v) is 3.87. The predicted octanol–water partition coefficient (Wildman–Crippen LogP) is 0.979. The van der Waals surface area contributed by atoms with Gasteiger partial charge in [-0.2, -0.15) is 11.8 Å². The molecule has 0 aromatic rings. The highest BCUT2D eigenvalue weighted by Gasteiger charge is 2.39. The van der Waals surface area contributed by atoms with E-state index in [-0.39, 0.29) is 17.9 Å². The summed E-state index contributed by atoms with van der Waals surface area (Å²) in [6.07, 6.45) is 3.00. The zero-order valence-corrected chi connectivity index (χ0v) is 13.2. The van der Waals surface area contributed by atoms with E-state index in [0.29, 0.717) is 13.1 Å². The first kappa shape index (κ1) is 16.4. The van der Waals surface area contributed by atoms with Crippen LogP contribution in [0.25, 0.3) is 0 Å². The van der Waals surface area contributed by atoms with Crippen LogP contribution >= 0.6 is 11.8 Å². The summed E-state index contributed by atoms with van der Waals surface area (Å²) in [5.41, 5.74) is -0.215. The number of carbonyl (C=O) groups excluding carboxylic acids is 1. The van der Waals surface area contributed by atoms with E-state index in [1.165, 1.54) is 11.5 Å². The van der Waals surface area contributed by atoms with E-state index in [4.69, 9.17) is 5.11 Å². The summed E-state index contributed by atoms with van der Waals surface area (Å²) in [4.78, 5) is 25.0. The van der Waals surface area contributed by atoms with Gasteiger partial charge in [-0.3, -0.25) is 9.69 Å². The summed E-state index contributed by atoms with van der Waals surface area (Å²) in [5, 5.41) is 14.6. The lowest BCUT2D eigenvalue weighted by atomic mass is 9.66. The molecule has 7 heteroatoms. The summed E-state index contributed by atoms with van der Waals surface area (Å²) >= 11 is 1.97. The number of amides is 2. The van der Waals surface area contributed by atoms with Gasteiger partial charge < -0.3 is 15.7 Å². The Morgan fingerprint density at radius 3 is 2.48 bits per heavy atom. The summed E-state index contributed by atoms with van der Waals surface area (Å²) < 4.78 is 0. The third kappa shape index (κ3) is 5.39. The van der Waals surface area contributed by atoms with Crippen molar-refractivity contribution < 1.29 is 14.7 Å². The summed E-state index contributed by atoms with van der Waals surface area (Å²) in [6.45, 7) is 4.17. The van der Waals surface area contributed by atoms with Gasteiger partial charge in [0, 0.05) is 44.2 Å². The van der Waals surface area contributed by atoms with Crippen LogP contribution in [0.15, 0.2) is 0 Å². The molecule has 1 saturated heterocycles. The first-order chi connectivity index (χ1) is 10.1. The number of carboxylic acid groups (broad SMARTS) is 1. The highest BCUT2D eigenvalue weighted by atomic mass is 32.2. The van der Waals surface area contributed by atoms with Crippen molar-refractivity contribution in [2.45, 2.75) is 25.7 Å². The quantitative estimate of drug-likeness (QED) is 0.652. The molecule has 2 fully saturated rings. The van der Waals surface area contributed by atoms with Crippen molar-refractivity contribution in [1.29, 1.82) is 0 Å². The molecule has 0 unspecified atom stereocenters. The maximum atomic E-state index is 11.8. The van der Waals surface area contributed by atoms with Crippen molar-refractivity contribution >= 4 is 23.8 Å². The molecule has 0 bridgehead atoms. The Bertz CT molecular complexity index is 368. The molecule has 2 rings (SSSR count). The van der Waals surface area contributed by atoms with E-state index in [1.807, 2.05) is 11.8 Å². The number of hydrogen-bond acceptors (Lipinski definition) is 4. The van der Waals surface area contributed by atoms with Crippen molar-refractivity contribution in [3.8, 4) is 0 Å². The van der Waals surface area contributed by atoms with Crippen molar-refractivity contribution in [2.75, 3.05) is 44.2 Å². The van der Waals surface area contributed by atoms with Gasteiger partial charge in [0.15, 0.2) is 0 Å². The number of rotatable bonds is 7. The maximum Gasteiger partial charge on any atom is 0.314 e. The van der Waals surface area contributed by atoms with Crippen LogP contribution in [0.1, 0.15) is 25.7 Å². The summed E-state index contributed by atoms with van der Waals surface area (Å²) in [6, 6.07) is -0.182. The monoisotopic (exact) mass is 315 g/mol. The smallest absolute Gasteiger partial charge is 0.314 e. The third-order valence-corrected chi connectivity index (χ3v) is 5.32. The molecule has 0 atom stereocenters. The highest BCUT2D eigenvalue weighted by molar-refractivity contribution is 7.99. The number of carboxylic acids is 1. The zero-order valence-electron chi connectivity index (χ0n) is 12.4. The minimum Gasteiger partial charge on any atom is -0.481 e. The Hall–Kier alpha value is -0.950. The molecule has 1 saturated carbocycles. The Labute approximate surface area is 130 Å². The Morgan fingerprint density at radius 2 is 1.90 bits per heavy atom. The molecule has 120 valence electrons. The summed E-state index contributed by atoms with van der Waals surface area (Å²) in [7, 11) is 0. The molecule has 0 aromatic heterocycles. The largest absolute Gasteiger partial charge is 0.481 e. The van der Waals surface area contributed by atoms with Crippen molar-refractivity contribution in [2.24, 2.45) is 5.41 Å². The second-order valence-electron chi connectivity index (χ2n) is 5.99. The third-order valence-electron chi connectivity index (χ3n) is 4.38. The number of aliphatic carboxylic acids is 1. The van der Waals surface area contributed by atoms with E-state index >= 15 is 0 Å². The van der Waals surface area contributed by atoms with Crippen LogP contribution in [0.4, 0.5) is 4.79 Å². The maximum absolute atomic E-state index is 11.8. The Balaban J connectivity index is 1.59. The lowest BCUT2D eigenvalue weighted by molar-refractivity contribution is -0.141. The zero-order chi connectivity index (χ0) is 15.1. The van der Waals surface area contributed by atoms with Gasteiger partial charge in [-0.1, -0.05) is 6.42 Å². The van der Waals surface area contributed by atoms with Crippen molar-refractivity contribution in [3.63, 3.8) is 0 Å². The number of nitrogens with zero attached hydrogens (tertiary/aromatic N) is 1. The van der Waals surface area contributed by atoms with Crippen LogP contribution in [0, 0.1) is 5.41 Å². The molecule has 1 heterocycles. The van der Waals surface area contributed by atoms with Crippen molar-refractivity contribution in [1.82, 2.24) is 15.5 Å². The molecule has 6 nitrogen and oxygen atoms in total. The first-order valence-corrected chi connectivity index (χ1v) is 8.79. The standard InChI is InChI=1S/C14H25N3O3S/c18-12(19)10-14(2-1-3-14)11-16-13(20)15-4-5-17-6-8-21-9-7-17/h1-11H2,(H,18,19)(H2,15,16,20). The number of urea groups is 1. The van der Waals surface area contributed by atoms with Gasteiger partial charge in [0.1, 0.15) is 0 Å². The molecule has 1 aliphatic heterocycles. The normalized spacial score (nSPS) is 21.3. The van der Waals surface area contributed by atoms with Crippen LogP contribution in [-0.4, -0.2) is 66.2 Å². The van der Waals surface area contributed by atoms with E-state index in [9.17, 15) is 9.59 Å². The molecule has 2 amide bonds. The lowest BCUT2D eigenvalue weighted by Crippen LogP contribution is -2.48. The van der Waals surface area contributed by atoms with Crippen LogP contribution in [0.5, 0.6) is 0 Å². The highest BCUT2D eigenvalue weighted by Crippen LogP contribution is 2.43. The fourth-order valence-electron chi connectivity index (χ4n) is 2.90.